The van der Waals surface area contributed by atoms with Gasteiger partial charge >= 0.3 is 164 Å². The first-order chi connectivity index (χ1) is 22.4. The molecule has 0 bridgehead atoms. The fourth-order valence-electron chi connectivity index (χ4n) is 4.73. The third kappa shape index (κ3) is 8.88. The zero-order chi connectivity index (χ0) is 33.6. The molecule has 0 aliphatic heterocycles. The molecule has 241 valence electrons. The summed E-state index contributed by atoms with van der Waals surface area (Å²) in [6.45, 7) is 13.3. The fraction of sp³-hybridized carbons (Fsp3) is 0.200. The number of nitrogens with zero attached hydrogens (tertiary/aromatic N) is 4. The van der Waals surface area contributed by atoms with E-state index in [-0.39, 0.29) is 22.5 Å². The zero-order valence-electron chi connectivity index (χ0n) is 27.4. The van der Waals surface area contributed by atoms with Gasteiger partial charge in [-0.1, -0.05) is 41.5 Å². The van der Waals surface area contributed by atoms with Crippen LogP contribution in [0.25, 0.3) is 33.9 Å². The fourth-order valence-corrected chi connectivity index (χ4v) is 7.94. The van der Waals surface area contributed by atoms with Crippen molar-refractivity contribution in [3.05, 3.63) is 145 Å². The molecule has 0 aliphatic rings. The van der Waals surface area contributed by atoms with E-state index in [0.717, 1.165) is 30.7 Å². The standard InChI is InChI=1S/C18H24N2.2C11H7FN.Ir/c1-17(2,3)13-7-9-19-15(11-13)16-12-14(8-10-20-16)18(4,5)6;2*12-10-6-7-13-11(8-10)9-4-2-1-3-5-9;/h7-12H,1-6H3;2*1-4,6-8H;. The Morgan fingerprint density at radius 1 is 0.447 bits per heavy atom. The Balaban J connectivity index is 0.000000194. The molecule has 0 atom stereocenters. The van der Waals surface area contributed by atoms with Crippen LogP contribution in [0.4, 0.5) is 8.78 Å². The SMILES string of the molecule is CC(C)(C)c1ccnc(-c2cc(C(C)(C)C)ccn2)c1.Fc1ccnc(-c2cccc[c]2[Ir][c]2ccccc2-c2cc(F)ccn2)c1. The molecule has 0 spiro atoms. The first kappa shape index (κ1) is 33.9. The minimum atomic E-state index is -0.776. The van der Waals surface area contributed by atoms with Crippen LogP contribution >= 0.6 is 0 Å². The minimum absolute atomic E-state index is 0.124. The van der Waals surface area contributed by atoms with E-state index in [1.807, 2.05) is 48.8 Å². The summed E-state index contributed by atoms with van der Waals surface area (Å²) in [5.74, 6) is -0.613. The van der Waals surface area contributed by atoms with Crippen LogP contribution < -0.4 is 8.15 Å². The second kappa shape index (κ2) is 14.5. The third-order valence-electron chi connectivity index (χ3n) is 7.40. The number of hydrogen-bond acceptors (Lipinski definition) is 4. The van der Waals surface area contributed by atoms with E-state index in [1.54, 1.807) is 0 Å². The Hall–Kier alpha value is -4.45. The third-order valence-corrected chi connectivity index (χ3v) is 10.8. The maximum absolute atomic E-state index is 13.7. The molecule has 0 N–H and O–H groups in total. The van der Waals surface area contributed by atoms with Crippen LogP contribution in [0, 0.1) is 11.6 Å². The second-order valence-electron chi connectivity index (χ2n) is 13.1. The summed E-state index contributed by atoms with van der Waals surface area (Å²) >= 11 is -0.776. The zero-order valence-corrected chi connectivity index (χ0v) is 29.8. The molecule has 6 rings (SSSR count). The van der Waals surface area contributed by atoms with Gasteiger partial charge in [-0.2, -0.15) is 0 Å². The van der Waals surface area contributed by atoms with Crippen molar-refractivity contribution >= 4 is 8.15 Å². The monoisotopic (exact) mass is 805 g/mol. The quantitative estimate of drug-likeness (QED) is 0.175. The van der Waals surface area contributed by atoms with Crippen LogP contribution in [-0.4, -0.2) is 19.9 Å². The maximum atomic E-state index is 13.7. The molecule has 4 heterocycles. The second-order valence-corrected chi connectivity index (χ2v) is 16.3. The Kier molecular flexibility index (Phi) is 10.5. The molecule has 0 saturated heterocycles. The number of benzene rings is 2. The van der Waals surface area contributed by atoms with E-state index in [1.165, 1.54) is 47.8 Å². The van der Waals surface area contributed by atoms with Crippen molar-refractivity contribution in [2.75, 3.05) is 0 Å². The summed E-state index contributed by atoms with van der Waals surface area (Å²) in [6, 6.07) is 29.9. The normalized spacial score (nSPS) is 11.6. The summed E-state index contributed by atoms with van der Waals surface area (Å²) in [7, 11) is 0. The Labute approximate surface area is 284 Å². The molecular formula is C40H38F2IrN4. The van der Waals surface area contributed by atoms with Crippen molar-refractivity contribution in [1.82, 2.24) is 19.9 Å². The molecule has 0 saturated carbocycles. The van der Waals surface area contributed by atoms with Crippen molar-refractivity contribution in [3.8, 4) is 33.9 Å². The summed E-state index contributed by atoms with van der Waals surface area (Å²) in [4.78, 5) is 17.6. The van der Waals surface area contributed by atoms with Gasteiger partial charge in [-0.25, -0.2) is 0 Å². The number of aromatic nitrogens is 4. The Bertz CT molecular complexity index is 1840. The predicted octanol–water partition coefficient (Wildman–Crippen LogP) is 8.86. The first-order valence-corrected chi connectivity index (χ1v) is 17.7. The average Bonchev–Trinajstić information content (AvgIpc) is 3.05. The Morgan fingerprint density at radius 3 is 1.19 bits per heavy atom. The molecular weight excluding hydrogens is 767 g/mol. The van der Waals surface area contributed by atoms with E-state index in [2.05, 4.69) is 97.9 Å². The Morgan fingerprint density at radius 2 is 0.809 bits per heavy atom. The van der Waals surface area contributed by atoms with Crippen molar-refractivity contribution in [2.24, 2.45) is 0 Å². The van der Waals surface area contributed by atoms with Gasteiger partial charge in [0.05, 0.1) is 11.4 Å². The number of pyridine rings is 4. The number of hydrogen-bond donors (Lipinski definition) is 0. The van der Waals surface area contributed by atoms with Crippen molar-refractivity contribution < 1.29 is 26.5 Å². The van der Waals surface area contributed by atoms with E-state index < -0.39 is 17.7 Å². The van der Waals surface area contributed by atoms with Gasteiger partial charge in [0.2, 0.25) is 0 Å². The van der Waals surface area contributed by atoms with Crippen LogP contribution in [0.5, 0.6) is 0 Å². The van der Waals surface area contributed by atoms with Gasteiger partial charge < -0.3 is 0 Å². The van der Waals surface area contributed by atoms with Gasteiger partial charge in [-0.05, 0) is 46.2 Å². The van der Waals surface area contributed by atoms with Gasteiger partial charge in [-0.3, -0.25) is 9.97 Å². The molecule has 0 unspecified atom stereocenters. The average molecular weight is 805 g/mol. The van der Waals surface area contributed by atoms with Gasteiger partial charge in [0, 0.05) is 12.4 Å². The summed E-state index contributed by atoms with van der Waals surface area (Å²) in [5.41, 5.74) is 7.81. The van der Waals surface area contributed by atoms with Crippen molar-refractivity contribution in [3.63, 3.8) is 0 Å². The van der Waals surface area contributed by atoms with E-state index in [0.29, 0.717) is 11.4 Å². The molecule has 0 aliphatic carbocycles. The summed E-state index contributed by atoms with van der Waals surface area (Å²) in [6.07, 6.45) is 6.71. The molecule has 2 aromatic carbocycles. The van der Waals surface area contributed by atoms with E-state index >= 15 is 0 Å². The number of halogens is 2. The van der Waals surface area contributed by atoms with Crippen LogP contribution in [-0.2, 0) is 28.5 Å². The van der Waals surface area contributed by atoms with Crippen LogP contribution in [0.15, 0.2) is 122 Å². The molecule has 6 aromatic rings. The summed E-state index contributed by atoms with van der Waals surface area (Å²) in [5, 5.41) is 0. The predicted molar refractivity (Wildman–Crippen MR) is 183 cm³/mol. The topological polar surface area (TPSA) is 51.6 Å². The van der Waals surface area contributed by atoms with Crippen molar-refractivity contribution in [2.45, 2.75) is 52.4 Å². The molecule has 0 amide bonds. The molecule has 4 nitrogen and oxygen atoms in total. The van der Waals surface area contributed by atoms with Gasteiger partial charge in [0.1, 0.15) is 0 Å². The van der Waals surface area contributed by atoms with E-state index in [4.69, 9.17) is 0 Å². The van der Waals surface area contributed by atoms with Gasteiger partial charge in [-0.15, -0.1) is 0 Å². The van der Waals surface area contributed by atoms with Crippen LogP contribution in [0.1, 0.15) is 52.7 Å². The van der Waals surface area contributed by atoms with Crippen LogP contribution in [0.3, 0.4) is 0 Å². The van der Waals surface area contributed by atoms with Gasteiger partial charge in [0.15, 0.2) is 0 Å². The molecule has 0 fully saturated rings. The van der Waals surface area contributed by atoms with E-state index in [9.17, 15) is 8.78 Å². The van der Waals surface area contributed by atoms with Crippen molar-refractivity contribution in [1.29, 1.82) is 0 Å². The molecule has 4 aromatic heterocycles. The summed E-state index contributed by atoms with van der Waals surface area (Å²) < 4.78 is 29.6. The van der Waals surface area contributed by atoms with Gasteiger partial charge in [0.25, 0.3) is 0 Å². The number of rotatable bonds is 5. The van der Waals surface area contributed by atoms with Crippen LogP contribution in [0.2, 0.25) is 0 Å². The first-order valence-electron chi connectivity index (χ1n) is 15.3. The molecule has 7 heteroatoms. The molecule has 47 heavy (non-hydrogen) atoms. The molecule has 0 radical (unpaired) electrons.